The Bertz CT molecular complexity index is 1170. The average molecular weight is 452 g/mol. The minimum Gasteiger partial charge on any atom is -0.356 e. The van der Waals surface area contributed by atoms with E-state index in [2.05, 4.69) is 9.88 Å². The predicted molar refractivity (Wildman–Crippen MR) is 127 cm³/mol. The van der Waals surface area contributed by atoms with E-state index in [1.165, 1.54) is 0 Å². The highest BCUT2D eigenvalue weighted by molar-refractivity contribution is 6.36. The summed E-state index contributed by atoms with van der Waals surface area (Å²) in [5.74, 6) is 0.932. The number of nitrogens with zero attached hydrogens (tertiary/aromatic N) is 2. The van der Waals surface area contributed by atoms with Crippen molar-refractivity contribution in [2.24, 2.45) is 0 Å². The minimum atomic E-state index is 0.0423. The number of imidazole rings is 1. The number of halogens is 2. The minimum absolute atomic E-state index is 0.0423. The molecule has 0 aliphatic rings. The molecule has 0 spiro atoms. The van der Waals surface area contributed by atoms with Crippen LogP contribution in [0.3, 0.4) is 0 Å². The van der Waals surface area contributed by atoms with E-state index in [0.29, 0.717) is 36.0 Å². The fraction of sp³-hybridized carbons (Fsp3) is 0.200. The summed E-state index contributed by atoms with van der Waals surface area (Å²) in [5, 5.41) is 4.28. The van der Waals surface area contributed by atoms with Crippen molar-refractivity contribution < 1.29 is 4.79 Å². The van der Waals surface area contributed by atoms with Crippen molar-refractivity contribution in [1.29, 1.82) is 0 Å². The van der Waals surface area contributed by atoms with E-state index in [1.54, 1.807) is 0 Å². The van der Waals surface area contributed by atoms with E-state index in [-0.39, 0.29) is 5.91 Å². The van der Waals surface area contributed by atoms with Gasteiger partial charge in [0.1, 0.15) is 5.82 Å². The Kier molecular flexibility index (Phi) is 6.90. The van der Waals surface area contributed by atoms with Gasteiger partial charge in [-0.3, -0.25) is 4.79 Å². The Hall–Kier alpha value is -2.82. The second-order valence-electron chi connectivity index (χ2n) is 7.39. The van der Waals surface area contributed by atoms with E-state index < -0.39 is 0 Å². The summed E-state index contributed by atoms with van der Waals surface area (Å²) in [5.41, 5.74) is 3.96. The highest BCUT2D eigenvalue weighted by Crippen LogP contribution is 2.27. The number of aromatic nitrogens is 2. The molecule has 0 saturated carbocycles. The summed E-state index contributed by atoms with van der Waals surface area (Å²) >= 11 is 12.8. The summed E-state index contributed by atoms with van der Waals surface area (Å²) in [6, 6.07) is 23.5. The van der Waals surface area contributed by atoms with Crippen molar-refractivity contribution in [2.45, 2.75) is 25.8 Å². The summed E-state index contributed by atoms with van der Waals surface area (Å²) in [4.78, 5) is 17.1. The van der Waals surface area contributed by atoms with E-state index in [4.69, 9.17) is 28.2 Å². The maximum absolute atomic E-state index is 12.3. The number of benzene rings is 3. The second-order valence-corrected chi connectivity index (χ2v) is 8.20. The van der Waals surface area contributed by atoms with E-state index >= 15 is 0 Å². The van der Waals surface area contributed by atoms with Crippen LogP contribution in [0.5, 0.6) is 0 Å². The Balaban J connectivity index is 1.45. The first-order chi connectivity index (χ1) is 15.1. The van der Waals surface area contributed by atoms with Gasteiger partial charge in [-0.1, -0.05) is 71.7 Å². The lowest BCUT2D eigenvalue weighted by Crippen LogP contribution is -2.26. The number of hydrogen-bond acceptors (Lipinski definition) is 2. The molecule has 4 nitrogen and oxygen atoms in total. The van der Waals surface area contributed by atoms with Gasteiger partial charge >= 0.3 is 0 Å². The standard InChI is InChI=1S/C25H23Cl2N3O/c26-20-9-6-10-21(27)19(20)17-30-23-12-5-4-11-22(23)29-24(30)15-16-28-25(31)14-13-18-7-2-1-3-8-18/h1-12H,13-17H2,(H,28,31). The van der Waals surface area contributed by atoms with Crippen LogP contribution >= 0.6 is 23.2 Å². The third-order valence-electron chi connectivity index (χ3n) is 5.27. The Morgan fingerprint density at radius 2 is 1.58 bits per heavy atom. The van der Waals surface area contributed by atoms with Crippen molar-refractivity contribution >= 4 is 40.1 Å². The lowest BCUT2D eigenvalue weighted by molar-refractivity contribution is -0.121. The van der Waals surface area contributed by atoms with Crippen LogP contribution in [-0.2, 0) is 24.2 Å². The second kappa shape index (κ2) is 9.99. The maximum atomic E-state index is 12.3. The monoisotopic (exact) mass is 451 g/mol. The normalized spacial score (nSPS) is 11.0. The molecule has 0 aliphatic carbocycles. The molecule has 1 amide bonds. The Morgan fingerprint density at radius 3 is 2.35 bits per heavy atom. The van der Waals surface area contributed by atoms with Crippen LogP contribution in [0.2, 0.25) is 10.0 Å². The van der Waals surface area contributed by atoms with Crippen LogP contribution in [0.4, 0.5) is 0 Å². The van der Waals surface area contributed by atoms with Gasteiger partial charge in [0.2, 0.25) is 5.91 Å². The molecule has 0 fully saturated rings. The number of amides is 1. The highest BCUT2D eigenvalue weighted by Gasteiger charge is 2.14. The summed E-state index contributed by atoms with van der Waals surface area (Å²) in [6.45, 7) is 1.05. The Labute approximate surface area is 191 Å². The van der Waals surface area contributed by atoms with Gasteiger partial charge in [-0.05, 0) is 36.2 Å². The van der Waals surface area contributed by atoms with Crippen LogP contribution in [0.15, 0.2) is 72.8 Å². The van der Waals surface area contributed by atoms with Gasteiger partial charge in [-0.25, -0.2) is 4.98 Å². The molecule has 6 heteroatoms. The molecular weight excluding hydrogens is 429 g/mol. The van der Waals surface area contributed by atoms with Gasteiger partial charge in [-0.15, -0.1) is 0 Å². The molecule has 4 aromatic rings. The molecule has 0 atom stereocenters. The SMILES string of the molecule is O=C(CCc1ccccc1)NCCc1nc2ccccc2n1Cc1c(Cl)cccc1Cl. The highest BCUT2D eigenvalue weighted by atomic mass is 35.5. The van der Waals surface area contributed by atoms with Crippen molar-refractivity contribution in [3.8, 4) is 0 Å². The number of carbonyl (C=O) groups is 1. The molecule has 0 radical (unpaired) electrons. The zero-order valence-corrected chi connectivity index (χ0v) is 18.5. The third kappa shape index (κ3) is 5.27. The summed E-state index contributed by atoms with van der Waals surface area (Å²) in [7, 11) is 0. The zero-order valence-electron chi connectivity index (χ0n) is 17.0. The first-order valence-electron chi connectivity index (χ1n) is 10.3. The largest absolute Gasteiger partial charge is 0.356 e. The van der Waals surface area contributed by atoms with Gasteiger partial charge in [0.05, 0.1) is 17.6 Å². The molecule has 0 saturated heterocycles. The molecular formula is C25H23Cl2N3O. The number of hydrogen-bond donors (Lipinski definition) is 1. The average Bonchev–Trinajstić information content (AvgIpc) is 3.13. The molecule has 1 heterocycles. The van der Waals surface area contributed by atoms with Crippen molar-refractivity contribution in [3.63, 3.8) is 0 Å². The van der Waals surface area contributed by atoms with Gasteiger partial charge in [-0.2, -0.15) is 0 Å². The summed E-state index contributed by atoms with van der Waals surface area (Å²) in [6.07, 6.45) is 1.82. The molecule has 4 rings (SSSR count). The third-order valence-corrected chi connectivity index (χ3v) is 5.97. The quantitative estimate of drug-likeness (QED) is 0.374. The van der Waals surface area contributed by atoms with Crippen LogP contribution in [0.25, 0.3) is 11.0 Å². The topological polar surface area (TPSA) is 46.9 Å². The van der Waals surface area contributed by atoms with E-state index in [9.17, 15) is 4.79 Å². The molecule has 31 heavy (non-hydrogen) atoms. The van der Waals surface area contributed by atoms with Crippen LogP contribution < -0.4 is 5.32 Å². The molecule has 1 N–H and O–H groups in total. The number of carbonyl (C=O) groups excluding carboxylic acids is 1. The van der Waals surface area contributed by atoms with Crippen LogP contribution in [-0.4, -0.2) is 22.0 Å². The van der Waals surface area contributed by atoms with Crippen LogP contribution in [0.1, 0.15) is 23.4 Å². The zero-order chi connectivity index (χ0) is 21.6. The predicted octanol–water partition coefficient (Wildman–Crippen LogP) is 5.68. The lowest BCUT2D eigenvalue weighted by atomic mass is 10.1. The maximum Gasteiger partial charge on any atom is 0.220 e. The van der Waals surface area contributed by atoms with Gasteiger partial charge in [0, 0.05) is 35.0 Å². The molecule has 0 aliphatic heterocycles. The molecule has 3 aromatic carbocycles. The Morgan fingerprint density at radius 1 is 0.871 bits per heavy atom. The molecule has 158 valence electrons. The first-order valence-corrected chi connectivity index (χ1v) is 11.0. The van der Waals surface area contributed by atoms with E-state index in [1.807, 2.05) is 72.8 Å². The smallest absolute Gasteiger partial charge is 0.220 e. The number of nitrogens with one attached hydrogen (secondary N) is 1. The van der Waals surface area contributed by atoms with Gasteiger partial charge < -0.3 is 9.88 Å². The van der Waals surface area contributed by atoms with Crippen molar-refractivity contribution in [2.75, 3.05) is 6.54 Å². The van der Waals surface area contributed by atoms with Crippen molar-refractivity contribution in [1.82, 2.24) is 14.9 Å². The fourth-order valence-corrected chi connectivity index (χ4v) is 4.16. The number of aryl methyl sites for hydroxylation is 1. The van der Waals surface area contributed by atoms with Crippen molar-refractivity contribution in [3.05, 3.63) is 99.8 Å². The number of fused-ring (bicyclic) bond motifs is 1. The lowest BCUT2D eigenvalue weighted by Gasteiger charge is -2.13. The molecule has 0 bridgehead atoms. The van der Waals surface area contributed by atoms with Crippen LogP contribution in [0, 0.1) is 0 Å². The van der Waals surface area contributed by atoms with Gasteiger partial charge in [0.25, 0.3) is 0 Å². The number of para-hydroxylation sites is 2. The van der Waals surface area contributed by atoms with E-state index in [0.717, 1.165) is 34.4 Å². The first kappa shape index (κ1) is 21.4. The number of rotatable bonds is 8. The van der Waals surface area contributed by atoms with Gasteiger partial charge in [0.15, 0.2) is 0 Å². The molecule has 0 unspecified atom stereocenters. The summed E-state index contributed by atoms with van der Waals surface area (Å²) < 4.78 is 2.12. The fourth-order valence-electron chi connectivity index (χ4n) is 3.64. The molecule has 1 aromatic heterocycles.